The Hall–Kier alpha value is -5.33. The third-order valence-electron chi connectivity index (χ3n) is 8.16. The summed E-state index contributed by atoms with van der Waals surface area (Å²) in [5, 5.41) is 9.73. The molecule has 1 atom stereocenters. The number of halogens is 1. The van der Waals surface area contributed by atoms with Gasteiger partial charge < -0.3 is 19.8 Å². The minimum Gasteiger partial charge on any atom is -0.456 e. The van der Waals surface area contributed by atoms with Gasteiger partial charge in [0.2, 0.25) is 0 Å². The Morgan fingerprint density at radius 2 is 1.89 bits per heavy atom. The lowest BCUT2D eigenvalue weighted by molar-refractivity contribution is 0.00683. The first kappa shape index (κ1) is 31.6. The summed E-state index contributed by atoms with van der Waals surface area (Å²) >= 11 is 0. The summed E-state index contributed by atoms with van der Waals surface area (Å²) in [6.45, 7) is 11.1. The van der Waals surface area contributed by atoms with Gasteiger partial charge in [0.05, 0.1) is 23.3 Å². The maximum absolute atomic E-state index is 14.7. The van der Waals surface area contributed by atoms with Gasteiger partial charge in [0.25, 0.3) is 11.8 Å². The van der Waals surface area contributed by atoms with E-state index in [9.17, 15) is 23.6 Å². The molecule has 244 valence electrons. The number of carbonyl (C=O) groups excluding carboxylic acids is 3. The van der Waals surface area contributed by atoms with Crippen molar-refractivity contribution in [1.82, 2.24) is 29.8 Å². The van der Waals surface area contributed by atoms with Crippen LogP contribution >= 0.6 is 0 Å². The highest BCUT2D eigenvalue weighted by Gasteiger charge is 2.30. The van der Waals surface area contributed by atoms with Crippen LogP contribution in [0, 0.1) is 12.7 Å². The number of aromatic nitrogens is 4. The monoisotopic (exact) mass is 642 g/mol. The van der Waals surface area contributed by atoms with Gasteiger partial charge in [0.1, 0.15) is 17.0 Å². The molecule has 1 aliphatic rings. The van der Waals surface area contributed by atoms with Crippen LogP contribution in [0.1, 0.15) is 107 Å². The zero-order valence-corrected chi connectivity index (χ0v) is 26.9. The van der Waals surface area contributed by atoms with Gasteiger partial charge in [-0.3, -0.25) is 14.2 Å². The molecule has 12 nitrogen and oxygen atoms in total. The van der Waals surface area contributed by atoms with Gasteiger partial charge in [-0.05, 0) is 94.8 Å². The zero-order chi connectivity index (χ0) is 33.8. The van der Waals surface area contributed by atoms with Crippen molar-refractivity contribution in [3.8, 4) is 0 Å². The molecule has 0 saturated carbocycles. The largest absolute Gasteiger partial charge is 0.456 e. The van der Waals surface area contributed by atoms with Gasteiger partial charge in [-0.2, -0.15) is 5.10 Å². The number of esters is 1. The fourth-order valence-corrected chi connectivity index (χ4v) is 5.98. The molecule has 0 radical (unpaired) electrons. The summed E-state index contributed by atoms with van der Waals surface area (Å²) in [5.41, 5.74) is 3.69. The number of nitrogens with one attached hydrogen (secondary N) is 2. The minimum atomic E-state index is -0.790. The minimum absolute atomic E-state index is 0.0691. The van der Waals surface area contributed by atoms with Crippen molar-refractivity contribution in [2.24, 2.45) is 0 Å². The van der Waals surface area contributed by atoms with Crippen LogP contribution in [-0.2, 0) is 17.7 Å². The number of benzene rings is 2. The van der Waals surface area contributed by atoms with E-state index in [0.29, 0.717) is 35.1 Å². The molecule has 5 aromatic rings. The molecule has 0 spiro atoms. The van der Waals surface area contributed by atoms with E-state index in [1.807, 2.05) is 47.6 Å². The van der Waals surface area contributed by atoms with Crippen LogP contribution in [0.4, 0.5) is 4.39 Å². The number of rotatable bonds is 7. The fraction of sp³-hybridized carbons (Fsp3) is 0.353. The number of hydrogen-bond acceptors (Lipinski definition) is 8. The highest BCUT2D eigenvalue weighted by molar-refractivity contribution is 5.98. The molecule has 3 heterocycles. The highest BCUT2D eigenvalue weighted by Crippen LogP contribution is 2.35. The van der Waals surface area contributed by atoms with E-state index in [0.717, 1.165) is 27.4 Å². The Kier molecular flexibility index (Phi) is 7.94. The van der Waals surface area contributed by atoms with E-state index in [-0.39, 0.29) is 35.7 Å². The smallest absolute Gasteiger partial charge is 0.420 e. The van der Waals surface area contributed by atoms with Crippen LogP contribution in [0.2, 0.25) is 0 Å². The summed E-state index contributed by atoms with van der Waals surface area (Å²) in [4.78, 5) is 56.1. The molecule has 0 saturated heterocycles. The Labute approximate surface area is 268 Å². The predicted octanol–water partition coefficient (Wildman–Crippen LogP) is 4.97. The maximum Gasteiger partial charge on any atom is 0.420 e. The van der Waals surface area contributed by atoms with Crippen molar-refractivity contribution in [3.05, 3.63) is 98.2 Å². The number of fused-ring (bicyclic) bond motifs is 3. The molecule has 0 aliphatic heterocycles. The molecule has 0 unspecified atom stereocenters. The van der Waals surface area contributed by atoms with Crippen LogP contribution < -0.4 is 16.4 Å². The first-order valence-corrected chi connectivity index (χ1v) is 15.3. The lowest BCUT2D eigenvalue weighted by atomic mass is 9.97. The molecule has 2 aromatic carbocycles. The van der Waals surface area contributed by atoms with Crippen molar-refractivity contribution in [3.63, 3.8) is 0 Å². The van der Waals surface area contributed by atoms with Gasteiger partial charge in [-0.15, -0.1) is 0 Å². The number of carbonyl (C=O) groups is 3. The zero-order valence-electron chi connectivity index (χ0n) is 26.9. The second kappa shape index (κ2) is 11.8. The number of hydrogen-bond donors (Lipinski definition) is 2. The average Bonchev–Trinajstić information content (AvgIpc) is 3.69. The molecule has 2 amide bonds. The third-order valence-corrected chi connectivity index (χ3v) is 8.16. The molecule has 2 N–H and O–H groups in total. The summed E-state index contributed by atoms with van der Waals surface area (Å²) in [7, 11) is 0. The molecular formula is C34H35FN6O6. The molecule has 0 fully saturated rings. The molecular weight excluding hydrogens is 607 g/mol. The normalized spacial score (nSPS) is 14.5. The molecule has 0 bridgehead atoms. The summed E-state index contributed by atoms with van der Waals surface area (Å²) in [6.07, 6.45) is 2.15. The summed E-state index contributed by atoms with van der Waals surface area (Å²) < 4.78 is 28.1. The van der Waals surface area contributed by atoms with Crippen molar-refractivity contribution >= 4 is 34.5 Å². The van der Waals surface area contributed by atoms with E-state index >= 15 is 0 Å². The highest BCUT2D eigenvalue weighted by atomic mass is 19.1. The van der Waals surface area contributed by atoms with E-state index in [4.69, 9.17) is 9.15 Å². The number of amides is 2. The van der Waals surface area contributed by atoms with E-state index in [1.165, 1.54) is 10.6 Å². The van der Waals surface area contributed by atoms with Crippen molar-refractivity contribution in [2.75, 3.05) is 0 Å². The van der Waals surface area contributed by atoms with Crippen molar-refractivity contribution in [1.29, 1.82) is 0 Å². The van der Waals surface area contributed by atoms with Crippen LogP contribution in [0.15, 0.2) is 51.8 Å². The van der Waals surface area contributed by atoms with Crippen LogP contribution in [0.3, 0.4) is 0 Å². The lowest BCUT2D eigenvalue weighted by Gasteiger charge is -2.21. The van der Waals surface area contributed by atoms with Gasteiger partial charge in [0.15, 0.2) is 17.0 Å². The fourth-order valence-electron chi connectivity index (χ4n) is 5.98. The van der Waals surface area contributed by atoms with Crippen LogP contribution in [-0.4, -0.2) is 42.5 Å². The first-order chi connectivity index (χ1) is 22.2. The summed E-state index contributed by atoms with van der Waals surface area (Å²) in [6, 6.07) is 9.41. The number of oxazole rings is 1. The average molecular weight is 643 g/mol. The molecule has 6 rings (SSSR count). The SMILES string of the molecule is Cc1c(C(=O)OC(C)(C)C)ccc2c1CC[C@@H]2NC(=O)c1cc(C(=O)NCc2ccc3oc(=O)n(C(C)C)c3c2)nc2c(F)cnn12. The predicted molar refractivity (Wildman–Crippen MR) is 170 cm³/mol. The van der Waals surface area contributed by atoms with Gasteiger partial charge in [-0.25, -0.2) is 23.5 Å². The lowest BCUT2D eigenvalue weighted by Crippen LogP contribution is -2.31. The second-order valence-electron chi connectivity index (χ2n) is 12.9. The van der Waals surface area contributed by atoms with E-state index in [2.05, 4.69) is 20.7 Å². The Morgan fingerprint density at radius 3 is 2.62 bits per heavy atom. The second-order valence-corrected chi connectivity index (χ2v) is 12.9. The standard InChI is InChI=1S/C34H35FN6O6/c1-17(2)40-26-13-19(7-12-28(26)46-33(40)45)15-36-30(42)25-14-27(41-29(38-25)23(35)16-37-41)31(43)39-24-11-10-20-18(3)21(8-9-22(20)24)32(44)47-34(4,5)6/h7-9,12-14,16-17,24H,10-11,15H2,1-6H3,(H,36,42)(H,39,43)/t24-/m0/s1. The summed E-state index contributed by atoms with van der Waals surface area (Å²) in [5.74, 6) is -2.87. The van der Waals surface area contributed by atoms with Crippen LogP contribution in [0.5, 0.6) is 0 Å². The molecule has 47 heavy (non-hydrogen) atoms. The number of nitrogens with zero attached hydrogens (tertiary/aromatic N) is 4. The van der Waals surface area contributed by atoms with Gasteiger partial charge in [0, 0.05) is 18.7 Å². The number of ether oxygens (including phenoxy) is 1. The first-order valence-electron chi connectivity index (χ1n) is 15.3. The van der Waals surface area contributed by atoms with Crippen molar-refractivity contribution < 1.29 is 27.9 Å². The topological polar surface area (TPSA) is 150 Å². The quantitative estimate of drug-likeness (QED) is 0.237. The molecule has 13 heteroatoms. The Balaban J connectivity index is 1.23. The van der Waals surface area contributed by atoms with E-state index < -0.39 is 35.0 Å². The van der Waals surface area contributed by atoms with Gasteiger partial charge >= 0.3 is 11.7 Å². The molecule has 3 aromatic heterocycles. The Morgan fingerprint density at radius 1 is 1.13 bits per heavy atom. The third kappa shape index (κ3) is 6.00. The Bertz CT molecular complexity index is 2140. The van der Waals surface area contributed by atoms with Crippen molar-refractivity contribution in [2.45, 2.75) is 78.6 Å². The van der Waals surface area contributed by atoms with E-state index in [1.54, 1.807) is 24.3 Å². The maximum atomic E-state index is 14.7. The van der Waals surface area contributed by atoms with Gasteiger partial charge in [-0.1, -0.05) is 12.1 Å². The van der Waals surface area contributed by atoms with Crippen LogP contribution in [0.25, 0.3) is 16.7 Å². The molecule has 1 aliphatic carbocycles.